The maximum Gasteiger partial charge on any atom is 0.230 e. The van der Waals surface area contributed by atoms with Crippen molar-refractivity contribution in [1.82, 2.24) is 4.90 Å². The summed E-state index contributed by atoms with van der Waals surface area (Å²) in [5.41, 5.74) is 5.69. The van der Waals surface area contributed by atoms with Crippen LogP contribution >= 0.6 is 0 Å². The SMILES string of the molecule is CC1CCCC(N(C)C(=O)C2(CN)CCCC2)C1. The summed E-state index contributed by atoms with van der Waals surface area (Å²) in [6.07, 6.45) is 9.25. The van der Waals surface area contributed by atoms with Crippen LogP contribution in [-0.2, 0) is 4.79 Å². The van der Waals surface area contributed by atoms with Crippen molar-refractivity contribution in [2.24, 2.45) is 17.1 Å². The van der Waals surface area contributed by atoms with Gasteiger partial charge in [0.25, 0.3) is 0 Å². The Bertz CT molecular complexity index is 297. The van der Waals surface area contributed by atoms with E-state index in [-0.39, 0.29) is 5.41 Å². The van der Waals surface area contributed by atoms with Crippen LogP contribution in [0.15, 0.2) is 0 Å². The minimum atomic E-state index is -0.227. The number of nitrogens with two attached hydrogens (primary N) is 1. The van der Waals surface area contributed by atoms with E-state index >= 15 is 0 Å². The molecule has 0 aromatic heterocycles. The first-order valence-electron chi connectivity index (χ1n) is 7.56. The summed E-state index contributed by atoms with van der Waals surface area (Å²) < 4.78 is 0. The van der Waals surface area contributed by atoms with Crippen LogP contribution in [0, 0.1) is 11.3 Å². The number of nitrogens with zero attached hydrogens (tertiary/aromatic N) is 1. The largest absolute Gasteiger partial charge is 0.342 e. The van der Waals surface area contributed by atoms with E-state index in [1.54, 1.807) is 0 Å². The molecule has 0 radical (unpaired) electrons. The van der Waals surface area contributed by atoms with Gasteiger partial charge in [-0.05, 0) is 31.6 Å². The molecular formula is C15H28N2O. The van der Waals surface area contributed by atoms with Crippen molar-refractivity contribution in [1.29, 1.82) is 0 Å². The van der Waals surface area contributed by atoms with E-state index in [0.717, 1.165) is 31.6 Å². The van der Waals surface area contributed by atoms with Crippen molar-refractivity contribution in [3.63, 3.8) is 0 Å². The van der Waals surface area contributed by atoms with Gasteiger partial charge in [-0.3, -0.25) is 4.79 Å². The first-order valence-corrected chi connectivity index (χ1v) is 7.56. The van der Waals surface area contributed by atoms with Gasteiger partial charge >= 0.3 is 0 Å². The quantitative estimate of drug-likeness (QED) is 0.839. The second-order valence-corrected chi connectivity index (χ2v) is 6.53. The van der Waals surface area contributed by atoms with Crippen molar-refractivity contribution < 1.29 is 4.79 Å². The zero-order chi connectivity index (χ0) is 13.2. The highest BCUT2D eigenvalue weighted by atomic mass is 16.2. The Morgan fingerprint density at radius 3 is 2.50 bits per heavy atom. The number of amides is 1. The molecular weight excluding hydrogens is 224 g/mol. The second kappa shape index (κ2) is 5.60. The molecule has 2 N–H and O–H groups in total. The molecule has 3 nitrogen and oxygen atoms in total. The molecule has 3 heteroatoms. The molecule has 0 aliphatic heterocycles. The summed E-state index contributed by atoms with van der Waals surface area (Å²) in [5, 5.41) is 0. The number of carbonyl (C=O) groups is 1. The summed E-state index contributed by atoms with van der Waals surface area (Å²) in [6, 6.07) is 0.449. The van der Waals surface area contributed by atoms with Gasteiger partial charge in [0.05, 0.1) is 5.41 Å². The average molecular weight is 252 g/mol. The number of rotatable bonds is 3. The number of hydrogen-bond acceptors (Lipinski definition) is 2. The number of hydrogen-bond donors (Lipinski definition) is 1. The van der Waals surface area contributed by atoms with Crippen LogP contribution in [-0.4, -0.2) is 30.4 Å². The normalized spacial score (nSPS) is 31.3. The Morgan fingerprint density at radius 2 is 1.94 bits per heavy atom. The molecule has 2 atom stereocenters. The lowest BCUT2D eigenvalue weighted by Crippen LogP contribution is -2.49. The highest BCUT2D eigenvalue weighted by Gasteiger charge is 2.43. The van der Waals surface area contributed by atoms with Gasteiger partial charge in [-0.2, -0.15) is 0 Å². The van der Waals surface area contributed by atoms with Crippen LogP contribution in [0.2, 0.25) is 0 Å². The van der Waals surface area contributed by atoms with E-state index in [2.05, 4.69) is 6.92 Å². The summed E-state index contributed by atoms with van der Waals surface area (Å²) in [4.78, 5) is 14.8. The lowest BCUT2D eigenvalue weighted by Gasteiger charge is -2.39. The second-order valence-electron chi connectivity index (χ2n) is 6.53. The lowest BCUT2D eigenvalue weighted by molar-refractivity contribution is -0.143. The van der Waals surface area contributed by atoms with Gasteiger partial charge in [0, 0.05) is 19.6 Å². The molecule has 2 unspecified atom stereocenters. The smallest absolute Gasteiger partial charge is 0.230 e. The predicted octanol–water partition coefficient (Wildman–Crippen LogP) is 2.54. The monoisotopic (exact) mass is 252 g/mol. The van der Waals surface area contributed by atoms with Crippen molar-refractivity contribution >= 4 is 5.91 Å². The van der Waals surface area contributed by atoms with E-state index in [9.17, 15) is 4.79 Å². The molecule has 0 aromatic rings. The number of carbonyl (C=O) groups excluding carboxylic acids is 1. The van der Waals surface area contributed by atoms with Crippen molar-refractivity contribution in [2.45, 2.75) is 64.3 Å². The minimum Gasteiger partial charge on any atom is -0.342 e. The topological polar surface area (TPSA) is 46.3 Å². The zero-order valence-electron chi connectivity index (χ0n) is 12.0. The van der Waals surface area contributed by atoms with Crippen LogP contribution in [0.1, 0.15) is 58.3 Å². The minimum absolute atomic E-state index is 0.227. The Hall–Kier alpha value is -0.570. The Labute approximate surface area is 111 Å². The molecule has 0 saturated heterocycles. The third-order valence-electron chi connectivity index (χ3n) is 5.18. The molecule has 18 heavy (non-hydrogen) atoms. The van der Waals surface area contributed by atoms with Gasteiger partial charge < -0.3 is 10.6 Å². The third-order valence-corrected chi connectivity index (χ3v) is 5.18. The van der Waals surface area contributed by atoms with E-state index in [1.807, 2.05) is 11.9 Å². The molecule has 2 rings (SSSR count). The van der Waals surface area contributed by atoms with Crippen molar-refractivity contribution in [2.75, 3.05) is 13.6 Å². The molecule has 0 spiro atoms. The van der Waals surface area contributed by atoms with Crippen LogP contribution in [0.4, 0.5) is 0 Å². The first kappa shape index (κ1) is 13.9. The first-order chi connectivity index (χ1) is 8.59. The highest BCUT2D eigenvalue weighted by molar-refractivity contribution is 5.83. The lowest BCUT2D eigenvalue weighted by atomic mass is 9.82. The van der Waals surface area contributed by atoms with E-state index in [1.165, 1.54) is 25.7 Å². The van der Waals surface area contributed by atoms with Crippen LogP contribution in [0.3, 0.4) is 0 Å². The van der Waals surface area contributed by atoms with Gasteiger partial charge in [-0.15, -0.1) is 0 Å². The molecule has 0 bridgehead atoms. The molecule has 2 saturated carbocycles. The fraction of sp³-hybridized carbons (Fsp3) is 0.933. The standard InChI is InChI=1S/C15H28N2O/c1-12-6-5-7-13(10-12)17(2)14(18)15(11-16)8-3-4-9-15/h12-13H,3-11,16H2,1-2H3. The van der Waals surface area contributed by atoms with Crippen LogP contribution in [0.25, 0.3) is 0 Å². The Morgan fingerprint density at radius 1 is 1.28 bits per heavy atom. The summed E-state index contributed by atoms with van der Waals surface area (Å²) in [7, 11) is 2.00. The molecule has 2 aliphatic carbocycles. The van der Waals surface area contributed by atoms with Gasteiger partial charge in [0.15, 0.2) is 0 Å². The predicted molar refractivity (Wildman–Crippen MR) is 74.1 cm³/mol. The van der Waals surface area contributed by atoms with E-state index < -0.39 is 0 Å². The fourth-order valence-electron chi connectivity index (χ4n) is 3.85. The summed E-state index contributed by atoms with van der Waals surface area (Å²) in [6.45, 7) is 2.83. The maximum absolute atomic E-state index is 12.8. The summed E-state index contributed by atoms with van der Waals surface area (Å²) >= 11 is 0. The molecule has 0 aromatic carbocycles. The van der Waals surface area contributed by atoms with Crippen LogP contribution in [0.5, 0.6) is 0 Å². The van der Waals surface area contributed by atoms with Crippen LogP contribution < -0.4 is 5.73 Å². The molecule has 2 aliphatic rings. The van der Waals surface area contributed by atoms with Gasteiger partial charge in [-0.1, -0.05) is 32.6 Å². The molecule has 0 heterocycles. The van der Waals surface area contributed by atoms with Crippen molar-refractivity contribution in [3.8, 4) is 0 Å². The fourth-order valence-corrected chi connectivity index (χ4v) is 3.85. The Kier molecular flexibility index (Phi) is 4.31. The molecule has 1 amide bonds. The van der Waals surface area contributed by atoms with Gasteiger partial charge in [0.2, 0.25) is 5.91 Å². The highest BCUT2D eigenvalue weighted by Crippen LogP contribution is 2.40. The Balaban J connectivity index is 2.03. The van der Waals surface area contributed by atoms with Gasteiger partial charge in [-0.25, -0.2) is 0 Å². The third kappa shape index (κ3) is 2.56. The van der Waals surface area contributed by atoms with E-state index in [4.69, 9.17) is 5.73 Å². The van der Waals surface area contributed by atoms with Crippen molar-refractivity contribution in [3.05, 3.63) is 0 Å². The van der Waals surface area contributed by atoms with Gasteiger partial charge in [0.1, 0.15) is 0 Å². The molecule has 104 valence electrons. The molecule has 2 fully saturated rings. The summed E-state index contributed by atoms with van der Waals surface area (Å²) in [5.74, 6) is 1.08. The van der Waals surface area contributed by atoms with E-state index in [0.29, 0.717) is 18.5 Å². The average Bonchev–Trinajstić information content (AvgIpc) is 2.87. The maximum atomic E-state index is 12.8. The zero-order valence-corrected chi connectivity index (χ0v) is 12.0.